The third-order valence-electron chi connectivity index (χ3n) is 2.76. The quantitative estimate of drug-likeness (QED) is 0.758. The highest BCUT2D eigenvalue weighted by Crippen LogP contribution is 2.20. The fourth-order valence-electron chi connectivity index (χ4n) is 1.84. The lowest BCUT2D eigenvalue weighted by molar-refractivity contribution is -0.118. The summed E-state index contributed by atoms with van der Waals surface area (Å²) in [7, 11) is 0. The number of H-pyrrole nitrogens is 1. The Kier molecular flexibility index (Phi) is 3.28. The van der Waals surface area contributed by atoms with E-state index in [1.165, 1.54) is 6.33 Å². The number of aromatic amines is 1. The van der Waals surface area contributed by atoms with Crippen molar-refractivity contribution in [3.05, 3.63) is 48.8 Å². The van der Waals surface area contributed by atoms with Gasteiger partial charge >= 0.3 is 0 Å². The number of rotatable bonds is 4. The molecule has 100 valence electrons. The van der Waals surface area contributed by atoms with E-state index < -0.39 is 0 Å². The van der Waals surface area contributed by atoms with Gasteiger partial charge < -0.3 is 4.74 Å². The van der Waals surface area contributed by atoms with E-state index in [0.29, 0.717) is 11.7 Å². The zero-order chi connectivity index (χ0) is 13.8. The van der Waals surface area contributed by atoms with Crippen LogP contribution < -0.4 is 10.1 Å². The molecule has 1 heterocycles. The normalized spacial score (nSPS) is 10.4. The molecule has 1 amide bonds. The summed E-state index contributed by atoms with van der Waals surface area (Å²) in [6.07, 6.45) is 1.32. The standard InChI is InChI=1S/C14H12N4O2/c19-13(17-14-15-9-16-18-14)8-20-12-6-5-10-3-1-2-4-11(10)7-12/h1-7,9H,8H2,(H2,15,16,17,18,19). The fourth-order valence-corrected chi connectivity index (χ4v) is 1.84. The summed E-state index contributed by atoms with van der Waals surface area (Å²) in [5.74, 6) is 0.656. The second-order valence-corrected chi connectivity index (χ2v) is 4.18. The second kappa shape index (κ2) is 5.40. The van der Waals surface area contributed by atoms with E-state index in [1.807, 2.05) is 42.5 Å². The van der Waals surface area contributed by atoms with Crippen molar-refractivity contribution >= 4 is 22.6 Å². The van der Waals surface area contributed by atoms with Gasteiger partial charge in [-0.25, -0.2) is 5.10 Å². The van der Waals surface area contributed by atoms with E-state index in [1.54, 1.807) is 0 Å². The highest BCUT2D eigenvalue weighted by molar-refractivity contribution is 5.90. The van der Waals surface area contributed by atoms with Crippen molar-refractivity contribution in [2.24, 2.45) is 0 Å². The Morgan fingerprint density at radius 1 is 1.20 bits per heavy atom. The van der Waals surface area contributed by atoms with Gasteiger partial charge in [0, 0.05) is 0 Å². The number of benzene rings is 2. The number of hydrogen-bond acceptors (Lipinski definition) is 4. The molecule has 1 aromatic heterocycles. The Hall–Kier alpha value is -2.89. The molecular weight excluding hydrogens is 256 g/mol. The molecule has 0 atom stereocenters. The largest absolute Gasteiger partial charge is 0.484 e. The molecule has 0 radical (unpaired) electrons. The molecule has 0 spiro atoms. The zero-order valence-corrected chi connectivity index (χ0v) is 10.5. The minimum Gasteiger partial charge on any atom is -0.484 e. The van der Waals surface area contributed by atoms with Gasteiger partial charge in [-0.1, -0.05) is 30.3 Å². The Morgan fingerprint density at radius 2 is 2.05 bits per heavy atom. The Labute approximate surface area is 114 Å². The highest BCUT2D eigenvalue weighted by Gasteiger charge is 2.05. The topological polar surface area (TPSA) is 79.9 Å². The lowest BCUT2D eigenvalue weighted by atomic mass is 10.1. The second-order valence-electron chi connectivity index (χ2n) is 4.18. The van der Waals surface area contributed by atoms with Crippen LogP contribution in [0.1, 0.15) is 0 Å². The summed E-state index contributed by atoms with van der Waals surface area (Å²) in [4.78, 5) is 15.4. The highest BCUT2D eigenvalue weighted by atomic mass is 16.5. The van der Waals surface area contributed by atoms with Crippen LogP contribution in [-0.2, 0) is 4.79 Å². The summed E-state index contributed by atoms with van der Waals surface area (Å²) in [6.45, 7) is -0.0843. The van der Waals surface area contributed by atoms with Crippen molar-refractivity contribution in [3.8, 4) is 5.75 Å². The first-order valence-electron chi connectivity index (χ1n) is 6.08. The van der Waals surface area contributed by atoms with Gasteiger partial charge in [0.25, 0.3) is 5.91 Å². The van der Waals surface area contributed by atoms with Gasteiger partial charge in [0.15, 0.2) is 6.61 Å². The Morgan fingerprint density at radius 3 is 2.85 bits per heavy atom. The van der Waals surface area contributed by atoms with Crippen molar-refractivity contribution in [1.29, 1.82) is 0 Å². The first kappa shape index (κ1) is 12.2. The third-order valence-corrected chi connectivity index (χ3v) is 2.76. The SMILES string of the molecule is O=C(COc1ccc2ccccc2c1)Nc1ncn[nH]1. The summed E-state index contributed by atoms with van der Waals surface area (Å²) in [6, 6.07) is 13.7. The van der Waals surface area contributed by atoms with Gasteiger partial charge in [-0.15, -0.1) is 0 Å². The number of anilines is 1. The van der Waals surface area contributed by atoms with Crippen LogP contribution >= 0.6 is 0 Å². The van der Waals surface area contributed by atoms with E-state index in [2.05, 4.69) is 20.5 Å². The third kappa shape index (κ3) is 2.74. The van der Waals surface area contributed by atoms with E-state index in [0.717, 1.165) is 10.8 Å². The fraction of sp³-hybridized carbons (Fsp3) is 0.0714. The molecular formula is C14H12N4O2. The van der Waals surface area contributed by atoms with Crippen molar-refractivity contribution in [1.82, 2.24) is 15.2 Å². The van der Waals surface area contributed by atoms with Gasteiger partial charge in [-0.2, -0.15) is 10.1 Å². The molecule has 0 fully saturated rings. The van der Waals surface area contributed by atoms with Gasteiger partial charge in [-0.05, 0) is 22.9 Å². The van der Waals surface area contributed by atoms with Gasteiger partial charge in [0.1, 0.15) is 12.1 Å². The van der Waals surface area contributed by atoms with Crippen molar-refractivity contribution in [3.63, 3.8) is 0 Å². The van der Waals surface area contributed by atoms with Crippen LogP contribution in [0.5, 0.6) is 5.75 Å². The Balaban J connectivity index is 1.63. The monoisotopic (exact) mass is 268 g/mol. The summed E-state index contributed by atoms with van der Waals surface area (Å²) < 4.78 is 5.45. The lowest BCUT2D eigenvalue weighted by Crippen LogP contribution is -2.20. The molecule has 0 aliphatic carbocycles. The Bertz CT molecular complexity index is 725. The van der Waals surface area contributed by atoms with Crippen molar-refractivity contribution in [2.45, 2.75) is 0 Å². The van der Waals surface area contributed by atoms with Crippen LogP contribution in [0.3, 0.4) is 0 Å². The smallest absolute Gasteiger partial charge is 0.264 e. The number of amides is 1. The van der Waals surface area contributed by atoms with Crippen LogP contribution in [0.15, 0.2) is 48.8 Å². The predicted octanol–water partition coefficient (Wildman–Crippen LogP) is 1.98. The van der Waals surface area contributed by atoms with E-state index in [-0.39, 0.29) is 12.5 Å². The lowest BCUT2D eigenvalue weighted by Gasteiger charge is -2.06. The van der Waals surface area contributed by atoms with Crippen LogP contribution in [-0.4, -0.2) is 27.7 Å². The molecule has 2 N–H and O–H groups in total. The summed E-state index contributed by atoms with van der Waals surface area (Å²) >= 11 is 0. The minimum atomic E-state index is -0.296. The molecule has 0 unspecified atom stereocenters. The van der Waals surface area contributed by atoms with E-state index in [4.69, 9.17) is 4.74 Å². The van der Waals surface area contributed by atoms with Gasteiger partial charge in [0.2, 0.25) is 5.95 Å². The van der Waals surface area contributed by atoms with Gasteiger partial charge in [-0.3, -0.25) is 10.1 Å². The number of nitrogens with zero attached hydrogens (tertiary/aromatic N) is 2. The molecule has 2 aromatic carbocycles. The average Bonchev–Trinajstić information content (AvgIpc) is 2.98. The van der Waals surface area contributed by atoms with E-state index >= 15 is 0 Å². The molecule has 3 aromatic rings. The molecule has 20 heavy (non-hydrogen) atoms. The summed E-state index contributed by atoms with van der Waals surface area (Å²) in [5, 5.41) is 10.9. The van der Waals surface area contributed by atoms with Crippen molar-refractivity contribution in [2.75, 3.05) is 11.9 Å². The molecule has 6 heteroatoms. The maximum Gasteiger partial charge on any atom is 0.264 e. The number of carbonyl (C=O) groups is 1. The number of aromatic nitrogens is 3. The van der Waals surface area contributed by atoms with Crippen LogP contribution in [0.2, 0.25) is 0 Å². The maximum absolute atomic E-state index is 11.6. The average molecular weight is 268 g/mol. The number of hydrogen-bond donors (Lipinski definition) is 2. The number of nitrogens with one attached hydrogen (secondary N) is 2. The number of carbonyl (C=O) groups excluding carboxylic acids is 1. The number of fused-ring (bicyclic) bond motifs is 1. The molecule has 0 bridgehead atoms. The first-order chi connectivity index (χ1) is 9.81. The van der Waals surface area contributed by atoms with Crippen LogP contribution in [0, 0.1) is 0 Å². The minimum absolute atomic E-state index is 0.0843. The molecule has 6 nitrogen and oxygen atoms in total. The van der Waals surface area contributed by atoms with E-state index in [9.17, 15) is 4.79 Å². The zero-order valence-electron chi connectivity index (χ0n) is 10.5. The maximum atomic E-state index is 11.6. The molecule has 3 rings (SSSR count). The van der Waals surface area contributed by atoms with Crippen molar-refractivity contribution < 1.29 is 9.53 Å². The first-order valence-corrected chi connectivity index (χ1v) is 6.08. The molecule has 0 aliphatic rings. The number of ether oxygens (including phenoxy) is 1. The molecule has 0 aliphatic heterocycles. The summed E-state index contributed by atoms with van der Waals surface area (Å²) in [5.41, 5.74) is 0. The van der Waals surface area contributed by atoms with Gasteiger partial charge in [0.05, 0.1) is 0 Å². The van der Waals surface area contributed by atoms with Crippen LogP contribution in [0.25, 0.3) is 10.8 Å². The molecule has 0 saturated heterocycles. The van der Waals surface area contributed by atoms with Crippen LogP contribution in [0.4, 0.5) is 5.95 Å². The molecule has 0 saturated carbocycles. The predicted molar refractivity (Wildman–Crippen MR) is 74.5 cm³/mol.